The number of hydrogen-bond donors (Lipinski definition) is 2. The van der Waals surface area contributed by atoms with E-state index in [1.165, 1.54) is 11.1 Å². The van der Waals surface area contributed by atoms with E-state index >= 15 is 0 Å². The Balaban J connectivity index is 1.69. The van der Waals surface area contributed by atoms with Crippen molar-refractivity contribution in [1.82, 2.24) is 0 Å². The molecule has 0 saturated carbocycles. The summed E-state index contributed by atoms with van der Waals surface area (Å²) in [6, 6.07) is 26.9. The highest BCUT2D eigenvalue weighted by molar-refractivity contribution is 5.77. The lowest BCUT2D eigenvalue weighted by Gasteiger charge is -2.56. The molecule has 0 bridgehead atoms. The standard InChI is InChI=1S/C35H40N2O3/c1-25(2)23-27-15-17-28(18-16-27)26(3)34(20-10-22-36-34)35(21-19-32(38)39,40-30-12-6-5-7-13-30)33(4)24-29-11-8-9-14-31(29)37-33/h5-18,20,22,25-26,37H,19,21,23-24H2,1-4H3,(H,38,39). The van der Waals surface area contributed by atoms with Gasteiger partial charge in [-0.25, -0.2) is 0 Å². The summed E-state index contributed by atoms with van der Waals surface area (Å²) in [5.41, 5.74) is 2.09. The highest BCUT2D eigenvalue weighted by atomic mass is 16.5. The normalized spacial score (nSPS) is 23.4. The maximum absolute atomic E-state index is 12.2. The first-order chi connectivity index (χ1) is 19.2. The molecule has 2 aliphatic heterocycles. The van der Waals surface area contributed by atoms with Crippen LogP contribution in [0.5, 0.6) is 5.75 Å². The fourth-order valence-electron chi connectivity index (χ4n) is 6.81. The minimum absolute atomic E-state index is 0.0500. The Bertz CT molecular complexity index is 1360. The highest BCUT2D eigenvalue weighted by Gasteiger charge is 2.66. The molecule has 5 rings (SSSR count). The Hall–Kier alpha value is -3.86. The molecule has 5 heteroatoms. The Morgan fingerprint density at radius 3 is 2.35 bits per heavy atom. The first-order valence-corrected chi connectivity index (χ1v) is 14.3. The van der Waals surface area contributed by atoms with Gasteiger partial charge in [0.25, 0.3) is 0 Å². The first-order valence-electron chi connectivity index (χ1n) is 14.3. The van der Waals surface area contributed by atoms with Gasteiger partial charge in [0.05, 0.1) is 5.54 Å². The van der Waals surface area contributed by atoms with Crippen LogP contribution in [-0.4, -0.2) is 34.0 Å². The van der Waals surface area contributed by atoms with Crippen molar-refractivity contribution < 1.29 is 14.6 Å². The molecule has 40 heavy (non-hydrogen) atoms. The average Bonchev–Trinajstić information content (AvgIpc) is 3.57. The van der Waals surface area contributed by atoms with Gasteiger partial charge in [-0.2, -0.15) is 0 Å². The molecular weight excluding hydrogens is 496 g/mol. The van der Waals surface area contributed by atoms with E-state index in [1.54, 1.807) is 0 Å². The van der Waals surface area contributed by atoms with E-state index in [0.717, 1.165) is 17.7 Å². The van der Waals surface area contributed by atoms with Crippen molar-refractivity contribution >= 4 is 17.9 Å². The number of carboxylic acid groups (broad SMARTS) is 1. The molecule has 2 aliphatic rings. The Morgan fingerprint density at radius 1 is 1.02 bits per heavy atom. The number of nitrogens with one attached hydrogen (secondary N) is 1. The van der Waals surface area contributed by atoms with Crippen molar-refractivity contribution in [1.29, 1.82) is 0 Å². The molecule has 3 aromatic rings. The van der Waals surface area contributed by atoms with E-state index in [-0.39, 0.29) is 18.8 Å². The molecule has 0 amide bonds. The van der Waals surface area contributed by atoms with Gasteiger partial charge in [-0.05, 0) is 60.2 Å². The smallest absolute Gasteiger partial charge is 0.303 e. The maximum atomic E-state index is 12.2. The lowest BCUT2D eigenvalue weighted by molar-refractivity contribution is -0.139. The molecule has 0 spiro atoms. The number of aliphatic imine (C=N–C) groups is 1. The summed E-state index contributed by atoms with van der Waals surface area (Å²) >= 11 is 0. The molecule has 0 radical (unpaired) electrons. The van der Waals surface area contributed by atoms with Gasteiger partial charge in [-0.3, -0.25) is 9.79 Å². The van der Waals surface area contributed by atoms with Crippen LogP contribution < -0.4 is 10.1 Å². The van der Waals surface area contributed by atoms with Gasteiger partial charge in [0.2, 0.25) is 0 Å². The molecule has 2 heterocycles. The molecule has 2 N–H and O–H groups in total. The van der Waals surface area contributed by atoms with E-state index in [2.05, 4.69) is 75.5 Å². The van der Waals surface area contributed by atoms with Crippen LogP contribution in [0.4, 0.5) is 5.69 Å². The summed E-state index contributed by atoms with van der Waals surface area (Å²) in [7, 11) is 0. The van der Waals surface area contributed by atoms with Gasteiger partial charge in [-0.15, -0.1) is 0 Å². The Morgan fingerprint density at radius 2 is 1.73 bits per heavy atom. The van der Waals surface area contributed by atoms with Crippen LogP contribution in [-0.2, 0) is 17.6 Å². The third-order valence-corrected chi connectivity index (χ3v) is 8.74. The summed E-state index contributed by atoms with van der Waals surface area (Å²) in [6.45, 7) is 8.82. The number of para-hydroxylation sites is 2. The van der Waals surface area contributed by atoms with Crippen molar-refractivity contribution in [3.8, 4) is 5.75 Å². The van der Waals surface area contributed by atoms with Crippen molar-refractivity contribution in [3.63, 3.8) is 0 Å². The second kappa shape index (κ2) is 11.0. The first kappa shape index (κ1) is 27.7. The number of fused-ring (bicyclic) bond motifs is 1. The molecule has 0 aromatic heterocycles. The van der Waals surface area contributed by atoms with E-state index in [1.807, 2.05) is 54.8 Å². The minimum atomic E-state index is -1.06. The van der Waals surface area contributed by atoms with Crippen molar-refractivity contribution in [2.75, 3.05) is 5.32 Å². The third kappa shape index (κ3) is 4.94. The van der Waals surface area contributed by atoms with Crippen LogP contribution in [0.1, 0.15) is 63.1 Å². The molecule has 3 aromatic carbocycles. The zero-order valence-electron chi connectivity index (χ0n) is 23.9. The molecular formula is C35H40N2O3. The van der Waals surface area contributed by atoms with Gasteiger partial charge in [0, 0.05) is 37.1 Å². The Kier molecular flexibility index (Phi) is 7.59. The van der Waals surface area contributed by atoms with Crippen LogP contribution in [0.15, 0.2) is 96.0 Å². The number of carboxylic acids is 1. The largest absolute Gasteiger partial charge is 0.482 e. The van der Waals surface area contributed by atoms with Crippen LogP contribution >= 0.6 is 0 Å². The van der Waals surface area contributed by atoms with Crippen LogP contribution in [0.25, 0.3) is 0 Å². The molecule has 0 aliphatic carbocycles. The molecule has 208 valence electrons. The topological polar surface area (TPSA) is 70.9 Å². The number of carbonyl (C=O) groups is 1. The summed E-state index contributed by atoms with van der Waals surface area (Å²) in [5, 5.41) is 13.8. The lowest BCUT2D eigenvalue weighted by Crippen LogP contribution is -2.72. The fourth-order valence-corrected chi connectivity index (χ4v) is 6.81. The zero-order chi connectivity index (χ0) is 28.4. The zero-order valence-corrected chi connectivity index (χ0v) is 23.9. The summed E-state index contributed by atoms with van der Waals surface area (Å²) in [4.78, 5) is 17.4. The summed E-state index contributed by atoms with van der Waals surface area (Å²) in [6.07, 6.45) is 7.90. The van der Waals surface area contributed by atoms with E-state index in [9.17, 15) is 9.90 Å². The predicted octanol–water partition coefficient (Wildman–Crippen LogP) is 7.48. The molecule has 4 unspecified atom stereocenters. The third-order valence-electron chi connectivity index (χ3n) is 8.74. The molecule has 0 saturated heterocycles. The lowest BCUT2D eigenvalue weighted by atomic mass is 9.59. The highest BCUT2D eigenvalue weighted by Crippen LogP contribution is 2.55. The maximum Gasteiger partial charge on any atom is 0.303 e. The Labute approximate surface area is 238 Å². The number of hydrogen-bond acceptors (Lipinski definition) is 4. The number of nitrogens with zero attached hydrogens (tertiary/aromatic N) is 1. The molecule has 4 atom stereocenters. The number of anilines is 1. The number of rotatable bonds is 11. The fraction of sp³-hybridized carbons (Fsp3) is 0.371. The monoisotopic (exact) mass is 536 g/mol. The number of ether oxygens (including phenoxy) is 1. The van der Waals surface area contributed by atoms with Crippen molar-refractivity contribution in [2.24, 2.45) is 10.9 Å². The van der Waals surface area contributed by atoms with Gasteiger partial charge >= 0.3 is 5.97 Å². The SMILES string of the molecule is CC(C)Cc1ccc(C(C)C2(C(CCC(=O)O)(Oc3ccccc3)C3(C)Cc4ccccc4N3)C=CC=N2)cc1. The van der Waals surface area contributed by atoms with Gasteiger partial charge < -0.3 is 15.2 Å². The van der Waals surface area contributed by atoms with Crippen LogP contribution in [0, 0.1) is 5.92 Å². The second-order valence-electron chi connectivity index (χ2n) is 12.0. The number of aliphatic carboxylic acids is 1. The van der Waals surface area contributed by atoms with E-state index < -0.39 is 22.6 Å². The summed E-state index contributed by atoms with van der Waals surface area (Å²) < 4.78 is 7.19. The number of allylic oxidation sites excluding steroid dienone is 1. The van der Waals surface area contributed by atoms with E-state index in [0.29, 0.717) is 18.1 Å². The molecule has 5 nitrogen and oxygen atoms in total. The van der Waals surface area contributed by atoms with Gasteiger partial charge in [-0.1, -0.05) is 87.5 Å². The minimum Gasteiger partial charge on any atom is -0.482 e. The predicted molar refractivity (Wildman–Crippen MR) is 163 cm³/mol. The van der Waals surface area contributed by atoms with Gasteiger partial charge in [0.1, 0.15) is 11.3 Å². The quantitative estimate of drug-likeness (QED) is 0.267. The van der Waals surface area contributed by atoms with Crippen LogP contribution in [0.3, 0.4) is 0 Å². The summed E-state index contributed by atoms with van der Waals surface area (Å²) in [5.74, 6) is 0.318. The van der Waals surface area contributed by atoms with Crippen LogP contribution in [0.2, 0.25) is 0 Å². The van der Waals surface area contributed by atoms with Crippen molar-refractivity contribution in [3.05, 3.63) is 108 Å². The van der Waals surface area contributed by atoms with Gasteiger partial charge in [0.15, 0.2) is 5.60 Å². The van der Waals surface area contributed by atoms with Crippen molar-refractivity contribution in [2.45, 2.75) is 76.0 Å². The number of benzene rings is 3. The molecule has 0 fully saturated rings. The van der Waals surface area contributed by atoms with E-state index in [4.69, 9.17) is 9.73 Å². The average molecular weight is 537 g/mol. The second-order valence-corrected chi connectivity index (χ2v) is 12.0.